The minimum atomic E-state index is -0.522. The van der Waals surface area contributed by atoms with Gasteiger partial charge in [-0.15, -0.1) is 0 Å². The van der Waals surface area contributed by atoms with Crippen molar-refractivity contribution in [1.82, 2.24) is 0 Å². The van der Waals surface area contributed by atoms with E-state index in [-0.39, 0.29) is 17.2 Å². The molecular weight excluding hydrogens is 258 g/mol. The fourth-order valence-electron chi connectivity index (χ4n) is 0.971. The Labute approximate surface area is 89.0 Å². The maximum absolute atomic E-state index is 13.3. The Balaban J connectivity index is 3.10. The summed E-state index contributed by atoms with van der Waals surface area (Å²) in [6, 6.07) is 3.18. The molecule has 4 heteroatoms. The molecule has 0 saturated carbocycles. The number of ketones is 1. The van der Waals surface area contributed by atoms with Gasteiger partial charge >= 0.3 is 0 Å². The van der Waals surface area contributed by atoms with Gasteiger partial charge in [0.15, 0.2) is 0 Å². The highest BCUT2D eigenvalue weighted by Gasteiger charge is 2.10. The summed E-state index contributed by atoms with van der Waals surface area (Å²) in [5.41, 5.74) is 0.334. The lowest BCUT2D eigenvalue weighted by Gasteiger charge is -2.03. The van der Waals surface area contributed by atoms with E-state index in [1.807, 2.05) is 0 Å². The van der Waals surface area contributed by atoms with Gasteiger partial charge in [0, 0.05) is 10.9 Å². The highest BCUT2D eigenvalue weighted by Crippen LogP contribution is 2.27. The average Bonchev–Trinajstić information content (AvgIpc) is 2.06. The first-order valence-electron chi connectivity index (χ1n) is 3.64. The van der Waals surface area contributed by atoms with Gasteiger partial charge in [0.2, 0.25) is 0 Å². The van der Waals surface area contributed by atoms with Gasteiger partial charge in [0.25, 0.3) is 0 Å². The van der Waals surface area contributed by atoms with Gasteiger partial charge in [-0.25, -0.2) is 4.39 Å². The van der Waals surface area contributed by atoms with Gasteiger partial charge in [-0.1, -0.05) is 17.7 Å². The topological polar surface area (TPSA) is 17.1 Å². The van der Waals surface area contributed by atoms with Gasteiger partial charge in [-0.2, -0.15) is 0 Å². The van der Waals surface area contributed by atoms with Crippen LogP contribution in [0.15, 0.2) is 16.6 Å². The molecule has 1 nitrogen and oxygen atoms in total. The highest BCUT2D eigenvalue weighted by atomic mass is 79.9. The lowest BCUT2D eigenvalue weighted by molar-refractivity contribution is -0.116. The van der Waals surface area contributed by atoms with Crippen molar-refractivity contribution in [1.29, 1.82) is 0 Å². The predicted octanol–water partition coefficient (Wildman–Crippen LogP) is 3.37. The van der Waals surface area contributed by atoms with Crippen LogP contribution in [0, 0.1) is 5.82 Å². The fourth-order valence-corrected chi connectivity index (χ4v) is 1.46. The Kier molecular flexibility index (Phi) is 3.45. The van der Waals surface area contributed by atoms with Crippen LogP contribution in [-0.2, 0) is 11.2 Å². The van der Waals surface area contributed by atoms with Crippen LogP contribution in [0.1, 0.15) is 12.5 Å². The van der Waals surface area contributed by atoms with Gasteiger partial charge < -0.3 is 0 Å². The third-order valence-electron chi connectivity index (χ3n) is 1.55. The van der Waals surface area contributed by atoms with Crippen molar-refractivity contribution in [2.45, 2.75) is 13.3 Å². The van der Waals surface area contributed by atoms with Crippen LogP contribution >= 0.6 is 27.5 Å². The summed E-state index contributed by atoms with van der Waals surface area (Å²) in [7, 11) is 0. The number of rotatable bonds is 2. The minimum Gasteiger partial charge on any atom is -0.300 e. The first-order valence-corrected chi connectivity index (χ1v) is 4.81. The summed E-state index contributed by atoms with van der Waals surface area (Å²) in [6.45, 7) is 1.41. The standard InChI is InChI=1S/C9H7BrClFO/c1-5(13)4-6-2-3-7(10)8(11)9(6)12/h2-3H,4H2,1H3. The molecule has 0 aliphatic carbocycles. The second-order valence-electron chi connectivity index (χ2n) is 2.71. The monoisotopic (exact) mass is 264 g/mol. The van der Waals surface area contributed by atoms with Crippen molar-refractivity contribution in [3.05, 3.63) is 33.0 Å². The number of halogens is 3. The van der Waals surface area contributed by atoms with Crippen molar-refractivity contribution in [3.63, 3.8) is 0 Å². The van der Waals surface area contributed by atoms with Crippen LogP contribution < -0.4 is 0 Å². The van der Waals surface area contributed by atoms with E-state index in [2.05, 4.69) is 15.9 Å². The molecule has 0 amide bonds. The predicted molar refractivity (Wildman–Crippen MR) is 53.5 cm³/mol. The zero-order chi connectivity index (χ0) is 10.0. The molecule has 0 heterocycles. The molecule has 0 saturated heterocycles. The zero-order valence-corrected chi connectivity index (χ0v) is 9.25. The van der Waals surface area contributed by atoms with Gasteiger partial charge in [0.05, 0.1) is 5.02 Å². The molecule has 1 aromatic rings. The smallest absolute Gasteiger partial charge is 0.146 e. The second kappa shape index (κ2) is 4.20. The summed E-state index contributed by atoms with van der Waals surface area (Å²) in [5, 5.41) is 0.0266. The summed E-state index contributed by atoms with van der Waals surface area (Å²) < 4.78 is 13.8. The maximum atomic E-state index is 13.3. The van der Waals surface area contributed by atoms with Crippen molar-refractivity contribution >= 4 is 33.3 Å². The Morgan fingerprint density at radius 1 is 1.62 bits per heavy atom. The van der Waals surface area contributed by atoms with Crippen LogP contribution in [0.5, 0.6) is 0 Å². The van der Waals surface area contributed by atoms with E-state index < -0.39 is 5.82 Å². The van der Waals surface area contributed by atoms with E-state index in [0.717, 1.165) is 0 Å². The molecule has 0 bridgehead atoms. The highest BCUT2D eigenvalue weighted by molar-refractivity contribution is 9.10. The molecule has 0 atom stereocenters. The molecule has 13 heavy (non-hydrogen) atoms. The number of carbonyl (C=O) groups excluding carboxylic acids is 1. The lowest BCUT2D eigenvalue weighted by atomic mass is 10.1. The van der Waals surface area contributed by atoms with Gasteiger partial charge in [-0.3, -0.25) is 4.79 Å². The Morgan fingerprint density at radius 3 is 2.77 bits per heavy atom. The zero-order valence-electron chi connectivity index (χ0n) is 6.90. The van der Waals surface area contributed by atoms with Crippen LogP contribution in [0.2, 0.25) is 5.02 Å². The van der Waals surface area contributed by atoms with Gasteiger partial charge in [-0.05, 0) is 34.5 Å². The Hall–Kier alpha value is -0.410. The second-order valence-corrected chi connectivity index (χ2v) is 3.95. The molecule has 0 fully saturated rings. The fraction of sp³-hybridized carbons (Fsp3) is 0.222. The largest absolute Gasteiger partial charge is 0.300 e. The summed E-state index contributed by atoms with van der Waals surface area (Å²) in [4.78, 5) is 10.7. The average molecular weight is 266 g/mol. The third kappa shape index (κ3) is 2.51. The SMILES string of the molecule is CC(=O)Cc1ccc(Br)c(Cl)c1F. The molecule has 0 spiro atoms. The van der Waals surface area contributed by atoms with Crippen LogP contribution in [0.4, 0.5) is 4.39 Å². The molecule has 0 aromatic heterocycles. The molecule has 0 N–H and O–H groups in total. The molecule has 0 radical (unpaired) electrons. The van der Waals surface area contributed by atoms with Crippen LogP contribution in [0.25, 0.3) is 0 Å². The molecule has 0 aliphatic heterocycles. The molecule has 1 aromatic carbocycles. The first-order chi connectivity index (χ1) is 6.02. The maximum Gasteiger partial charge on any atom is 0.146 e. The van der Waals surface area contributed by atoms with Crippen molar-refractivity contribution in [2.75, 3.05) is 0 Å². The van der Waals surface area contributed by atoms with Crippen LogP contribution in [-0.4, -0.2) is 5.78 Å². The van der Waals surface area contributed by atoms with Crippen molar-refractivity contribution in [3.8, 4) is 0 Å². The van der Waals surface area contributed by atoms with E-state index in [1.54, 1.807) is 12.1 Å². The number of hydrogen-bond acceptors (Lipinski definition) is 1. The minimum absolute atomic E-state index is 0.0266. The van der Waals surface area contributed by atoms with Crippen molar-refractivity contribution < 1.29 is 9.18 Å². The molecule has 70 valence electrons. The first kappa shape index (κ1) is 10.7. The van der Waals surface area contributed by atoms with E-state index in [1.165, 1.54) is 6.92 Å². The normalized spacial score (nSPS) is 10.2. The summed E-state index contributed by atoms with van der Waals surface area (Å²) in [6.07, 6.45) is 0.0822. The molecule has 1 rings (SSSR count). The number of Topliss-reactive ketones (excluding diaryl/α,β-unsaturated/α-hetero) is 1. The van der Waals surface area contributed by atoms with Crippen molar-refractivity contribution in [2.24, 2.45) is 0 Å². The van der Waals surface area contributed by atoms with E-state index >= 15 is 0 Å². The third-order valence-corrected chi connectivity index (χ3v) is 2.81. The Bertz CT molecular complexity index is 352. The lowest BCUT2D eigenvalue weighted by Crippen LogP contribution is -1.99. The number of benzene rings is 1. The molecule has 0 aliphatic rings. The number of carbonyl (C=O) groups is 1. The van der Waals surface area contributed by atoms with Gasteiger partial charge in [0.1, 0.15) is 11.6 Å². The molecular formula is C9H7BrClFO. The quantitative estimate of drug-likeness (QED) is 0.749. The van der Waals surface area contributed by atoms with E-state index in [4.69, 9.17) is 11.6 Å². The summed E-state index contributed by atoms with van der Waals surface area (Å²) >= 11 is 8.72. The summed E-state index contributed by atoms with van der Waals surface area (Å²) in [5.74, 6) is -0.608. The van der Waals surface area contributed by atoms with E-state index in [9.17, 15) is 9.18 Å². The van der Waals surface area contributed by atoms with Crippen LogP contribution in [0.3, 0.4) is 0 Å². The Morgan fingerprint density at radius 2 is 2.23 bits per heavy atom. The molecule has 0 unspecified atom stereocenters. The number of hydrogen-bond donors (Lipinski definition) is 0. The van der Waals surface area contributed by atoms with E-state index in [0.29, 0.717) is 10.0 Å².